The second-order valence-electron chi connectivity index (χ2n) is 5.94. The number of hydrogen-bond donors (Lipinski definition) is 1. The van der Waals surface area contributed by atoms with Crippen LogP contribution >= 0.6 is 46.4 Å². The van der Waals surface area contributed by atoms with Crippen LogP contribution in [0.5, 0.6) is 0 Å². The molecule has 0 radical (unpaired) electrons. The molecule has 0 spiro atoms. The lowest BCUT2D eigenvalue weighted by Gasteiger charge is -2.19. The molecular formula is C19H14Cl4N2O2. The van der Waals surface area contributed by atoms with Gasteiger partial charge in [0.15, 0.2) is 11.6 Å². The first-order valence-electron chi connectivity index (χ1n) is 7.96. The molecule has 1 heterocycles. The number of aryl methyl sites for hydroxylation is 1. The lowest BCUT2D eigenvalue weighted by molar-refractivity contribution is 0.0976. The van der Waals surface area contributed by atoms with Crippen molar-refractivity contribution in [3.63, 3.8) is 0 Å². The summed E-state index contributed by atoms with van der Waals surface area (Å²) in [6.45, 7) is 1.78. The maximum Gasteiger partial charge on any atom is 0.170 e. The van der Waals surface area contributed by atoms with Crippen LogP contribution in [0.15, 0.2) is 47.0 Å². The molecular weight excluding hydrogens is 430 g/mol. The average Bonchev–Trinajstić information content (AvgIpc) is 3.01. The maximum atomic E-state index is 12.8. The molecule has 2 aromatic carbocycles. The normalized spacial score (nSPS) is 12.0. The number of benzene rings is 2. The molecule has 27 heavy (non-hydrogen) atoms. The van der Waals surface area contributed by atoms with Crippen LogP contribution in [0.3, 0.4) is 0 Å². The first-order chi connectivity index (χ1) is 12.8. The summed E-state index contributed by atoms with van der Waals surface area (Å²) in [6, 6.07) is 11.2. The molecule has 1 unspecified atom stereocenters. The molecule has 0 bridgehead atoms. The lowest BCUT2D eigenvalue weighted by Crippen LogP contribution is -2.16. The van der Waals surface area contributed by atoms with Crippen molar-refractivity contribution in [1.29, 1.82) is 0 Å². The fourth-order valence-electron chi connectivity index (χ4n) is 2.61. The van der Waals surface area contributed by atoms with E-state index >= 15 is 0 Å². The molecule has 0 saturated carbocycles. The van der Waals surface area contributed by atoms with Gasteiger partial charge in [0.05, 0.1) is 16.1 Å². The van der Waals surface area contributed by atoms with Crippen molar-refractivity contribution in [2.24, 2.45) is 0 Å². The Morgan fingerprint density at radius 1 is 1.04 bits per heavy atom. The molecule has 3 rings (SSSR count). The monoisotopic (exact) mass is 442 g/mol. The van der Waals surface area contributed by atoms with Crippen LogP contribution < -0.4 is 5.32 Å². The van der Waals surface area contributed by atoms with E-state index in [1.807, 2.05) is 0 Å². The van der Waals surface area contributed by atoms with E-state index in [0.29, 0.717) is 37.2 Å². The molecule has 1 atom stereocenters. The van der Waals surface area contributed by atoms with Crippen LogP contribution in [0.2, 0.25) is 20.1 Å². The Morgan fingerprint density at radius 3 is 2.44 bits per heavy atom. The van der Waals surface area contributed by atoms with Crippen molar-refractivity contribution in [2.75, 3.05) is 5.32 Å². The van der Waals surface area contributed by atoms with Crippen LogP contribution in [0.1, 0.15) is 34.1 Å². The zero-order valence-electron chi connectivity index (χ0n) is 14.1. The average molecular weight is 444 g/mol. The topological polar surface area (TPSA) is 55.1 Å². The third-order valence-electron chi connectivity index (χ3n) is 3.92. The zero-order valence-corrected chi connectivity index (χ0v) is 17.1. The van der Waals surface area contributed by atoms with Gasteiger partial charge in [-0.15, -0.1) is 0 Å². The van der Waals surface area contributed by atoms with Crippen molar-refractivity contribution in [1.82, 2.24) is 5.16 Å². The third kappa shape index (κ3) is 4.96. The van der Waals surface area contributed by atoms with Gasteiger partial charge in [-0.3, -0.25) is 4.79 Å². The van der Waals surface area contributed by atoms with E-state index in [9.17, 15) is 4.79 Å². The fraction of sp³-hybridized carbons (Fsp3) is 0.158. The standard InChI is InChI=1S/C19H14Cl4N2O2/c1-10-6-19(25-27-10)24-17(13-4-3-12(20)8-15(13)22)9-18(26)11-2-5-14(21)16(23)7-11/h2-8,17H,9H2,1H3,(H,24,25). The van der Waals surface area contributed by atoms with Gasteiger partial charge >= 0.3 is 0 Å². The Morgan fingerprint density at radius 2 is 1.81 bits per heavy atom. The molecule has 1 N–H and O–H groups in total. The van der Waals surface area contributed by atoms with E-state index in [2.05, 4.69) is 10.5 Å². The summed E-state index contributed by atoms with van der Waals surface area (Å²) >= 11 is 24.3. The smallest absolute Gasteiger partial charge is 0.170 e. The Balaban J connectivity index is 1.90. The lowest BCUT2D eigenvalue weighted by atomic mass is 9.97. The van der Waals surface area contributed by atoms with Gasteiger partial charge in [0, 0.05) is 28.1 Å². The number of anilines is 1. The number of Topliss-reactive ketones (excluding diaryl/α,β-unsaturated/α-hetero) is 1. The van der Waals surface area contributed by atoms with Gasteiger partial charge in [0.1, 0.15) is 5.76 Å². The number of halogens is 4. The summed E-state index contributed by atoms with van der Waals surface area (Å²) in [7, 11) is 0. The van der Waals surface area contributed by atoms with Crippen molar-refractivity contribution in [2.45, 2.75) is 19.4 Å². The second-order valence-corrected chi connectivity index (χ2v) is 7.60. The van der Waals surface area contributed by atoms with E-state index in [-0.39, 0.29) is 12.2 Å². The summed E-state index contributed by atoms with van der Waals surface area (Å²) in [5.74, 6) is 1.03. The quantitative estimate of drug-likeness (QED) is 0.415. The SMILES string of the molecule is Cc1cc(NC(CC(=O)c2ccc(Cl)c(Cl)c2)c2ccc(Cl)cc2Cl)no1. The minimum atomic E-state index is -0.443. The number of carbonyl (C=O) groups excluding carboxylic acids is 1. The fourth-order valence-corrected chi connectivity index (χ4v) is 3.45. The van der Waals surface area contributed by atoms with Crippen LogP contribution in [-0.2, 0) is 0 Å². The highest BCUT2D eigenvalue weighted by molar-refractivity contribution is 6.42. The van der Waals surface area contributed by atoms with Gasteiger partial charge < -0.3 is 9.84 Å². The predicted molar refractivity (Wildman–Crippen MR) is 109 cm³/mol. The van der Waals surface area contributed by atoms with Crippen LogP contribution in [0.25, 0.3) is 0 Å². The van der Waals surface area contributed by atoms with Crippen molar-refractivity contribution >= 4 is 58.0 Å². The van der Waals surface area contributed by atoms with E-state index in [1.165, 1.54) is 0 Å². The van der Waals surface area contributed by atoms with Crippen LogP contribution in [-0.4, -0.2) is 10.9 Å². The zero-order chi connectivity index (χ0) is 19.6. The molecule has 8 heteroatoms. The van der Waals surface area contributed by atoms with Gasteiger partial charge in [-0.05, 0) is 42.8 Å². The summed E-state index contributed by atoms with van der Waals surface area (Å²) in [5, 5.41) is 8.79. The third-order valence-corrected chi connectivity index (χ3v) is 5.22. The number of rotatable bonds is 6. The molecule has 0 aliphatic rings. The van der Waals surface area contributed by atoms with Gasteiger partial charge in [-0.2, -0.15) is 0 Å². The van der Waals surface area contributed by atoms with E-state index in [0.717, 1.165) is 5.56 Å². The van der Waals surface area contributed by atoms with Gasteiger partial charge in [0.25, 0.3) is 0 Å². The Labute approximate surface area is 176 Å². The summed E-state index contributed by atoms with van der Waals surface area (Å²) in [4.78, 5) is 12.8. The highest BCUT2D eigenvalue weighted by Gasteiger charge is 2.21. The van der Waals surface area contributed by atoms with E-state index < -0.39 is 6.04 Å². The molecule has 1 aromatic heterocycles. The highest BCUT2D eigenvalue weighted by atomic mass is 35.5. The number of carbonyl (C=O) groups is 1. The van der Waals surface area contributed by atoms with Crippen LogP contribution in [0.4, 0.5) is 5.82 Å². The van der Waals surface area contributed by atoms with Gasteiger partial charge in [-0.1, -0.05) is 57.6 Å². The Bertz CT molecular complexity index is 988. The molecule has 0 fully saturated rings. The number of hydrogen-bond acceptors (Lipinski definition) is 4. The highest BCUT2D eigenvalue weighted by Crippen LogP contribution is 2.32. The predicted octanol–water partition coefficient (Wildman–Crippen LogP) is 7.02. The Kier molecular flexibility index (Phi) is 6.33. The molecule has 4 nitrogen and oxygen atoms in total. The van der Waals surface area contributed by atoms with Gasteiger partial charge in [-0.25, -0.2) is 0 Å². The molecule has 140 valence electrons. The summed E-state index contributed by atoms with van der Waals surface area (Å²) in [5.41, 5.74) is 1.17. The van der Waals surface area contributed by atoms with Crippen molar-refractivity contribution < 1.29 is 9.32 Å². The number of ketones is 1. The molecule has 0 aliphatic heterocycles. The molecule has 3 aromatic rings. The molecule has 0 amide bonds. The molecule has 0 saturated heterocycles. The Hall–Kier alpha value is -1.72. The van der Waals surface area contributed by atoms with Crippen molar-refractivity contribution in [3.05, 3.63) is 79.4 Å². The summed E-state index contributed by atoms with van der Waals surface area (Å²) in [6.07, 6.45) is 0.116. The van der Waals surface area contributed by atoms with Crippen LogP contribution in [0, 0.1) is 6.92 Å². The minimum absolute atomic E-state index is 0.116. The largest absolute Gasteiger partial charge is 0.360 e. The number of nitrogens with zero attached hydrogens (tertiary/aromatic N) is 1. The minimum Gasteiger partial charge on any atom is -0.360 e. The first-order valence-corrected chi connectivity index (χ1v) is 9.47. The maximum absolute atomic E-state index is 12.8. The van der Waals surface area contributed by atoms with E-state index in [1.54, 1.807) is 49.4 Å². The van der Waals surface area contributed by atoms with E-state index in [4.69, 9.17) is 50.9 Å². The number of nitrogens with one attached hydrogen (secondary N) is 1. The summed E-state index contributed by atoms with van der Waals surface area (Å²) < 4.78 is 5.09. The van der Waals surface area contributed by atoms with Gasteiger partial charge in [0.2, 0.25) is 0 Å². The molecule has 0 aliphatic carbocycles. The first kappa shape index (κ1) is 20.0. The van der Waals surface area contributed by atoms with Crippen molar-refractivity contribution in [3.8, 4) is 0 Å². The second kappa shape index (κ2) is 8.53. The number of aromatic nitrogens is 1.